The van der Waals surface area contributed by atoms with Crippen molar-refractivity contribution in [3.63, 3.8) is 0 Å². The third-order valence-electron chi connectivity index (χ3n) is 8.23. The molecule has 0 bridgehead atoms. The van der Waals surface area contributed by atoms with Crippen LogP contribution in [0.25, 0.3) is 28.0 Å². The zero-order valence-electron chi connectivity index (χ0n) is 28.7. The molecule has 3 atom stereocenters. The minimum absolute atomic E-state index is 0.0890. The molecule has 1 aromatic carbocycles. The van der Waals surface area contributed by atoms with Crippen LogP contribution in [0.15, 0.2) is 54.7 Å². The van der Waals surface area contributed by atoms with Crippen LogP contribution < -0.4 is 9.46 Å². The van der Waals surface area contributed by atoms with Gasteiger partial charge in [-0.1, -0.05) is 32.9 Å². The molecule has 250 valence electrons. The minimum Gasteiger partial charge on any atom is -0.490 e. The van der Waals surface area contributed by atoms with E-state index in [-0.39, 0.29) is 5.04 Å². The molecule has 0 aliphatic rings. The molecule has 0 aliphatic heterocycles. The van der Waals surface area contributed by atoms with Crippen LogP contribution >= 0.6 is 0 Å². The van der Waals surface area contributed by atoms with Gasteiger partial charge < -0.3 is 13.9 Å². The number of hydrogen-bond donors (Lipinski definition) is 1. The maximum atomic E-state index is 14.9. The Balaban J connectivity index is 1.76. The van der Waals surface area contributed by atoms with Crippen LogP contribution in [0.2, 0.25) is 18.1 Å². The number of rotatable bonds is 13. The standard InChI is InChI=1S/C34H48FN5O4SSi/c1-23(35)32(39-45(41)33(2,3)4)28-15-12-14-27(38-28)24-19-29-26(30(20-24)43-18-17-42-8)21-36-40(29)31-16-11-13-25(37-31)22-44-46(9,10)34(5,6)7/h11-16,19-21,23,32,39H,17-18,22H2,1-10H3/t23?,32?,45-/m1/s1. The quantitative estimate of drug-likeness (QED) is 0.116. The highest BCUT2D eigenvalue weighted by Crippen LogP contribution is 2.37. The van der Waals surface area contributed by atoms with Gasteiger partial charge in [0.25, 0.3) is 0 Å². The largest absolute Gasteiger partial charge is 0.490 e. The summed E-state index contributed by atoms with van der Waals surface area (Å²) in [4.78, 5) is 9.74. The van der Waals surface area contributed by atoms with Crippen molar-refractivity contribution in [3.8, 4) is 22.8 Å². The number of nitrogens with one attached hydrogen (secondary N) is 1. The van der Waals surface area contributed by atoms with Crippen LogP contribution in [0, 0.1) is 0 Å². The van der Waals surface area contributed by atoms with Gasteiger partial charge in [-0.2, -0.15) is 5.10 Å². The van der Waals surface area contributed by atoms with E-state index in [0.717, 1.165) is 22.2 Å². The van der Waals surface area contributed by atoms with Crippen LogP contribution in [0.3, 0.4) is 0 Å². The van der Waals surface area contributed by atoms with E-state index in [9.17, 15) is 8.60 Å². The topological polar surface area (TPSA) is 100 Å². The molecule has 0 aliphatic carbocycles. The number of alkyl halides is 1. The van der Waals surface area contributed by atoms with Gasteiger partial charge in [0.1, 0.15) is 18.5 Å². The third kappa shape index (κ3) is 8.46. The summed E-state index contributed by atoms with van der Waals surface area (Å²) in [5.41, 5.74) is 3.41. The molecule has 12 heteroatoms. The van der Waals surface area contributed by atoms with Crippen molar-refractivity contribution in [2.45, 2.75) is 90.2 Å². The first-order valence-electron chi connectivity index (χ1n) is 15.5. The molecule has 0 spiro atoms. The highest BCUT2D eigenvalue weighted by atomic mass is 32.2. The molecular formula is C34H48FN5O4SSi. The van der Waals surface area contributed by atoms with Gasteiger partial charge in [0.05, 0.1) is 69.2 Å². The average Bonchev–Trinajstić information content (AvgIpc) is 3.42. The van der Waals surface area contributed by atoms with Gasteiger partial charge in [-0.25, -0.2) is 23.0 Å². The van der Waals surface area contributed by atoms with Crippen molar-refractivity contribution in [1.29, 1.82) is 0 Å². The Hall–Kier alpha value is -3.03. The fourth-order valence-electron chi connectivity index (χ4n) is 4.38. The predicted octanol–water partition coefficient (Wildman–Crippen LogP) is 7.48. The van der Waals surface area contributed by atoms with Gasteiger partial charge in [0, 0.05) is 12.7 Å². The second-order valence-corrected chi connectivity index (χ2v) is 20.7. The third-order valence-corrected chi connectivity index (χ3v) is 14.3. The number of fused-ring (bicyclic) bond motifs is 1. The molecule has 3 aromatic heterocycles. The molecule has 1 N–H and O–H groups in total. The van der Waals surface area contributed by atoms with Crippen LogP contribution in [0.4, 0.5) is 4.39 Å². The van der Waals surface area contributed by atoms with Gasteiger partial charge in [-0.3, -0.25) is 4.98 Å². The fourth-order valence-corrected chi connectivity index (χ4v) is 6.22. The second-order valence-electron chi connectivity index (χ2n) is 13.9. The summed E-state index contributed by atoms with van der Waals surface area (Å²) in [5.74, 6) is 1.26. The molecule has 4 aromatic rings. The monoisotopic (exact) mass is 669 g/mol. The van der Waals surface area contributed by atoms with E-state index in [1.165, 1.54) is 6.92 Å². The van der Waals surface area contributed by atoms with E-state index in [1.54, 1.807) is 24.1 Å². The van der Waals surface area contributed by atoms with E-state index >= 15 is 0 Å². The molecule has 9 nitrogen and oxygen atoms in total. The highest BCUT2D eigenvalue weighted by Gasteiger charge is 2.37. The maximum absolute atomic E-state index is 14.9. The van der Waals surface area contributed by atoms with Gasteiger partial charge in [0.15, 0.2) is 14.1 Å². The number of halogens is 1. The summed E-state index contributed by atoms with van der Waals surface area (Å²) >= 11 is 0. The molecule has 0 amide bonds. The Bertz CT molecular complexity index is 1670. The summed E-state index contributed by atoms with van der Waals surface area (Å²) in [6.45, 7) is 19.2. The summed E-state index contributed by atoms with van der Waals surface area (Å²) in [6.07, 6.45) is 0.433. The molecule has 4 rings (SSSR count). The van der Waals surface area contributed by atoms with Crippen molar-refractivity contribution < 1.29 is 22.5 Å². The smallest absolute Gasteiger partial charge is 0.192 e. The SMILES string of the molecule is COCCOc1cc(-c2cccc(C(N[S@](=O)C(C)(C)C)C(C)F)n2)cc2c1cnn2-c1cccc(CO[Si](C)(C)C(C)(C)C)n1. The highest BCUT2D eigenvalue weighted by molar-refractivity contribution is 7.84. The Kier molecular flexibility index (Phi) is 11.2. The molecule has 0 radical (unpaired) electrons. The van der Waals surface area contributed by atoms with Gasteiger partial charge in [-0.15, -0.1) is 0 Å². The van der Waals surface area contributed by atoms with Crippen LogP contribution in [-0.2, 0) is 26.8 Å². The summed E-state index contributed by atoms with van der Waals surface area (Å²) < 4.78 is 49.8. The van der Waals surface area contributed by atoms with Crippen LogP contribution in [0.1, 0.15) is 65.9 Å². The zero-order valence-corrected chi connectivity index (χ0v) is 30.5. The van der Waals surface area contributed by atoms with E-state index in [4.69, 9.17) is 29.0 Å². The Labute approximate surface area is 276 Å². The lowest BCUT2D eigenvalue weighted by Crippen LogP contribution is -2.40. The number of benzene rings is 1. The number of nitrogens with zero attached hydrogens (tertiary/aromatic N) is 4. The van der Waals surface area contributed by atoms with Crippen molar-refractivity contribution in [1.82, 2.24) is 24.5 Å². The first-order valence-corrected chi connectivity index (χ1v) is 19.6. The number of aromatic nitrogens is 4. The number of ether oxygens (including phenoxy) is 2. The molecule has 46 heavy (non-hydrogen) atoms. The van der Waals surface area contributed by atoms with Gasteiger partial charge in [-0.05, 0) is 82.2 Å². The van der Waals surface area contributed by atoms with Gasteiger partial charge >= 0.3 is 0 Å². The Morgan fingerprint density at radius 3 is 2.39 bits per heavy atom. The molecule has 0 fully saturated rings. The summed E-state index contributed by atoms with van der Waals surface area (Å²) in [7, 11) is -1.83. The van der Waals surface area contributed by atoms with Crippen LogP contribution in [0.5, 0.6) is 5.75 Å². The normalized spacial score (nSPS) is 14.8. The molecule has 3 heterocycles. The average molecular weight is 670 g/mol. The lowest BCUT2D eigenvalue weighted by Gasteiger charge is -2.36. The number of pyridine rings is 2. The lowest BCUT2D eigenvalue weighted by molar-refractivity contribution is 0.147. The summed E-state index contributed by atoms with van der Waals surface area (Å²) in [6, 6.07) is 14.3. The first kappa shape index (κ1) is 35.8. The van der Waals surface area contributed by atoms with Crippen molar-refractivity contribution in [2.75, 3.05) is 20.3 Å². The van der Waals surface area contributed by atoms with Crippen molar-refractivity contribution in [2.24, 2.45) is 0 Å². The molecule has 0 saturated heterocycles. The van der Waals surface area contributed by atoms with Gasteiger partial charge in [0.2, 0.25) is 0 Å². The Morgan fingerprint density at radius 1 is 1.02 bits per heavy atom. The van der Waals surface area contributed by atoms with E-state index in [0.29, 0.717) is 42.8 Å². The first-order chi connectivity index (χ1) is 21.5. The maximum Gasteiger partial charge on any atom is 0.192 e. The lowest BCUT2D eigenvalue weighted by atomic mass is 10.1. The van der Waals surface area contributed by atoms with Crippen LogP contribution in [-0.4, -0.2) is 63.5 Å². The van der Waals surface area contributed by atoms with E-state index < -0.39 is 36.3 Å². The summed E-state index contributed by atoms with van der Waals surface area (Å²) in [5, 5.41) is 5.59. The predicted molar refractivity (Wildman–Crippen MR) is 186 cm³/mol. The zero-order chi connectivity index (χ0) is 33.9. The number of hydrogen-bond acceptors (Lipinski definition) is 7. The van der Waals surface area contributed by atoms with E-state index in [1.807, 2.05) is 63.2 Å². The van der Waals surface area contributed by atoms with E-state index in [2.05, 4.69) is 38.6 Å². The minimum atomic E-state index is -1.96. The fraction of sp³-hybridized carbons (Fsp3) is 0.500. The Morgan fingerprint density at radius 2 is 1.74 bits per heavy atom. The molecule has 2 unspecified atom stereocenters. The second kappa shape index (κ2) is 14.4. The number of methoxy groups -OCH3 is 1. The molecule has 0 saturated carbocycles. The molecular weight excluding hydrogens is 622 g/mol. The van der Waals surface area contributed by atoms with Crippen molar-refractivity contribution in [3.05, 3.63) is 66.1 Å². The van der Waals surface area contributed by atoms with Crippen molar-refractivity contribution >= 4 is 30.2 Å².